The summed E-state index contributed by atoms with van der Waals surface area (Å²) in [5, 5.41) is 5.39. The number of carbonyl (C=O) groups excluding carboxylic acids is 2. The monoisotopic (exact) mass is 393 g/mol. The molecule has 0 saturated carbocycles. The molecule has 6 nitrogen and oxygen atoms in total. The van der Waals surface area contributed by atoms with Gasteiger partial charge in [0.25, 0.3) is 5.91 Å². The van der Waals surface area contributed by atoms with Crippen LogP contribution in [0.4, 0.5) is 9.18 Å². The number of carbonyl (C=O) groups is 2. The highest BCUT2D eigenvalue weighted by atomic mass is 32.2. The molecular weight excluding hydrogens is 377 g/mol. The summed E-state index contributed by atoms with van der Waals surface area (Å²) in [6.45, 7) is 0.404. The first-order valence-corrected chi connectivity index (χ1v) is 10.1. The molecule has 2 fully saturated rings. The minimum Gasteiger partial charge on any atom is -0.486 e. The summed E-state index contributed by atoms with van der Waals surface area (Å²) in [6, 6.07) is 5.41. The number of urea groups is 1. The van der Waals surface area contributed by atoms with Crippen LogP contribution in [0, 0.1) is 5.82 Å². The average Bonchev–Trinajstić information content (AvgIpc) is 3.33. The first-order chi connectivity index (χ1) is 12.6. The van der Waals surface area contributed by atoms with Gasteiger partial charge in [-0.3, -0.25) is 9.69 Å². The third-order valence-electron chi connectivity index (χ3n) is 4.36. The van der Waals surface area contributed by atoms with E-state index in [-0.39, 0.29) is 30.9 Å². The fourth-order valence-corrected chi connectivity index (χ4v) is 5.00. The van der Waals surface area contributed by atoms with E-state index >= 15 is 0 Å². The van der Waals surface area contributed by atoms with Gasteiger partial charge in [-0.05, 0) is 36.4 Å². The molecule has 1 aromatic heterocycles. The molecule has 1 atom stereocenters. The molecular formula is C17H16FN3O3S2. The molecule has 2 aliphatic rings. The van der Waals surface area contributed by atoms with E-state index < -0.39 is 5.54 Å². The van der Waals surface area contributed by atoms with Crippen molar-refractivity contribution < 1.29 is 18.7 Å². The molecule has 0 bridgehead atoms. The Balaban J connectivity index is 1.38. The molecule has 2 aliphatic heterocycles. The summed E-state index contributed by atoms with van der Waals surface area (Å²) in [7, 11) is 0. The molecule has 0 unspecified atom stereocenters. The lowest BCUT2D eigenvalue weighted by atomic mass is 9.99. The lowest BCUT2D eigenvalue weighted by Gasteiger charge is -2.18. The lowest BCUT2D eigenvalue weighted by Crippen LogP contribution is -2.46. The van der Waals surface area contributed by atoms with Gasteiger partial charge in [-0.1, -0.05) is 0 Å². The second-order valence-corrected chi connectivity index (χ2v) is 8.23. The quantitative estimate of drug-likeness (QED) is 0.791. The van der Waals surface area contributed by atoms with Crippen molar-refractivity contribution in [3.05, 3.63) is 46.2 Å². The van der Waals surface area contributed by atoms with Crippen molar-refractivity contribution in [3.63, 3.8) is 0 Å². The van der Waals surface area contributed by atoms with Crippen LogP contribution in [0.1, 0.15) is 17.1 Å². The molecule has 136 valence electrons. The number of thiazole rings is 1. The highest BCUT2D eigenvalue weighted by Gasteiger charge is 2.52. The SMILES string of the molecule is O=C1N[C@@]2(CCSC2)C(=O)N1Cc1csc(COc2ccc(F)cc2)n1. The zero-order valence-electron chi connectivity index (χ0n) is 13.7. The second-order valence-electron chi connectivity index (χ2n) is 6.18. The first-order valence-electron chi connectivity index (χ1n) is 8.09. The number of nitrogens with zero attached hydrogens (tertiary/aromatic N) is 2. The van der Waals surface area contributed by atoms with Crippen LogP contribution >= 0.6 is 23.1 Å². The van der Waals surface area contributed by atoms with Gasteiger partial charge in [0.15, 0.2) is 0 Å². The molecule has 0 aliphatic carbocycles. The third-order valence-corrected chi connectivity index (χ3v) is 6.42. The number of benzene rings is 1. The van der Waals surface area contributed by atoms with Crippen LogP contribution in [0.15, 0.2) is 29.6 Å². The van der Waals surface area contributed by atoms with Crippen molar-refractivity contribution in [2.45, 2.75) is 25.1 Å². The largest absolute Gasteiger partial charge is 0.486 e. The number of nitrogens with one attached hydrogen (secondary N) is 1. The Morgan fingerprint density at radius 3 is 2.85 bits per heavy atom. The van der Waals surface area contributed by atoms with E-state index in [0.29, 0.717) is 23.6 Å². The van der Waals surface area contributed by atoms with Gasteiger partial charge < -0.3 is 10.1 Å². The van der Waals surface area contributed by atoms with Crippen molar-refractivity contribution in [1.29, 1.82) is 0 Å². The second kappa shape index (κ2) is 6.88. The predicted molar refractivity (Wildman–Crippen MR) is 96.6 cm³/mol. The molecule has 2 aromatic rings. The molecule has 0 radical (unpaired) electrons. The fourth-order valence-electron chi connectivity index (χ4n) is 2.98. The molecule has 3 amide bonds. The Labute approximate surface area is 157 Å². The van der Waals surface area contributed by atoms with E-state index in [9.17, 15) is 14.0 Å². The summed E-state index contributed by atoms with van der Waals surface area (Å²) in [6.07, 6.45) is 0.673. The molecule has 26 heavy (non-hydrogen) atoms. The van der Waals surface area contributed by atoms with Crippen molar-refractivity contribution >= 4 is 35.0 Å². The summed E-state index contributed by atoms with van der Waals surface area (Å²) in [5.74, 6) is 1.58. The average molecular weight is 393 g/mol. The summed E-state index contributed by atoms with van der Waals surface area (Å²) in [4.78, 5) is 30.5. The van der Waals surface area contributed by atoms with Crippen LogP contribution < -0.4 is 10.1 Å². The van der Waals surface area contributed by atoms with Gasteiger partial charge >= 0.3 is 6.03 Å². The van der Waals surface area contributed by atoms with Gasteiger partial charge in [0, 0.05) is 11.1 Å². The Morgan fingerprint density at radius 2 is 2.12 bits per heavy atom. The van der Waals surface area contributed by atoms with Gasteiger partial charge in [0.05, 0.1) is 12.2 Å². The van der Waals surface area contributed by atoms with Crippen molar-refractivity contribution in [3.8, 4) is 5.75 Å². The number of rotatable bonds is 5. The number of aromatic nitrogens is 1. The molecule has 1 spiro atoms. The van der Waals surface area contributed by atoms with E-state index in [0.717, 1.165) is 10.8 Å². The predicted octanol–water partition coefficient (Wildman–Crippen LogP) is 2.79. The van der Waals surface area contributed by atoms with E-state index in [1.165, 1.54) is 28.4 Å². The normalized spacial score (nSPS) is 22.3. The number of amides is 3. The standard InChI is InChI=1S/C17H16FN3O3S2/c18-11-1-3-13(4-2-11)24-8-14-19-12(9-26-14)7-21-15(22)17(20-16(21)23)5-6-25-10-17/h1-4,9H,5-8,10H2,(H,20,23)/t17-/m1/s1. The number of halogens is 1. The molecule has 9 heteroatoms. The molecule has 2 saturated heterocycles. The molecule has 3 heterocycles. The maximum absolute atomic E-state index is 12.9. The summed E-state index contributed by atoms with van der Waals surface area (Å²) >= 11 is 3.08. The Hall–Kier alpha value is -2.13. The van der Waals surface area contributed by atoms with Gasteiger partial charge in [-0.15, -0.1) is 11.3 Å². The maximum Gasteiger partial charge on any atom is 0.325 e. The van der Waals surface area contributed by atoms with Crippen molar-refractivity contribution in [2.24, 2.45) is 0 Å². The summed E-state index contributed by atoms with van der Waals surface area (Å²) < 4.78 is 18.5. The number of ether oxygens (including phenoxy) is 1. The Morgan fingerprint density at radius 1 is 1.31 bits per heavy atom. The van der Waals surface area contributed by atoms with Gasteiger partial charge in [0.2, 0.25) is 0 Å². The number of imide groups is 1. The summed E-state index contributed by atoms with van der Waals surface area (Å²) in [5.41, 5.74) is -0.0781. The van der Waals surface area contributed by atoms with Gasteiger partial charge in [-0.2, -0.15) is 11.8 Å². The van der Waals surface area contributed by atoms with Crippen LogP contribution in [0.2, 0.25) is 0 Å². The number of thioether (sulfide) groups is 1. The molecule has 4 rings (SSSR count). The zero-order chi connectivity index (χ0) is 18.1. The minimum absolute atomic E-state index is 0.157. The molecule has 1 N–H and O–H groups in total. The van der Waals surface area contributed by atoms with E-state index in [4.69, 9.17) is 4.74 Å². The fraction of sp³-hybridized carbons (Fsp3) is 0.353. The van der Waals surface area contributed by atoms with E-state index in [1.54, 1.807) is 23.9 Å². The van der Waals surface area contributed by atoms with Gasteiger partial charge in [0.1, 0.15) is 28.7 Å². The highest BCUT2D eigenvalue weighted by molar-refractivity contribution is 7.99. The van der Waals surface area contributed by atoms with Crippen LogP contribution in [0.3, 0.4) is 0 Å². The Bertz CT molecular complexity index is 834. The topological polar surface area (TPSA) is 71.5 Å². The molecule has 1 aromatic carbocycles. The maximum atomic E-state index is 12.9. The first kappa shape index (κ1) is 17.3. The third kappa shape index (κ3) is 3.28. The zero-order valence-corrected chi connectivity index (χ0v) is 15.4. The van der Waals surface area contributed by atoms with Crippen molar-refractivity contribution in [1.82, 2.24) is 15.2 Å². The minimum atomic E-state index is -0.730. The lowest BCUT2D eigenvalue weighted by molar-refractivity contribution is -0.130. The van der Waals surface area contributed by atoms with Gasteiger partial charge in [-0.25, -0.2) is 14.2 Å². The van der Waals surface area contributed by atoms with Crippen LogP contribution in [0.5, 0.6) is 5.75 Å². The van der Waals surface area contributed by atoms with Crippen LogP contribution in [-0.2, 0) is 17.9 Å². The van der Waals surface area contributed by atoms with Crippen LogP contribution in [0.25, 0.3) is 0 Å². The Kier molecular flexibility index (Phi) is 4.58. The van der Waals surface area contributed by atoms with E-state index in [2.05, 4.69) is 10.3 Å². The smallest absolute Gasteiger partial charge is 0.325 e. The van der Waals surface area contributed by atoms with Crippen LogP contribution in [-0.4, -0.2) is 38.9 Å². The van der Waals surface area contributed by atoms with E-state index in [1.807, 2.05) is 5.38 Å². The highest BCUT2D eigenvalue weighted by Crippen LogP contribution is 2.34. The number of hydrogen-bond acceptors (Lipinski definition) is 6. The van der Waals surface area contributed by atoms with Crippen molar-refractivity contribution in [2.75, 3.05) is 11.5 Å². The number of hydrogen-bond donors (Lipinski definition) is 1.